The highest BCUT2D eigenvalue weighted by Gasteiger charge is 2.46. The Morgan fingerprint density at radius 3 is 2.50 bits per heavy atom. The van der Waals surface area contributed by atoms with Gasteiger partial charge in [-0.15, -0.1) is 0 Å². The van der Waals surface area contributed by atoms with Crippen LogP contribution in [0.4, 0.5) is 5.69 Å². The number of hydrogen-bond acceptors (Lipinski definition) is 7. The van der Waals surface area contributed by atoms with Crippen LogP contribution in [0.25, 0.3) is 0 Å². The van der Waals surface area contributed by atoms with E-state index in [0.717, 1.165) is 9.91 Å². The van der Waals surface area contributed by atoms with Crippen LogP contribution in [0.1, 0.15) is 20.3 Å². The van der Waals surface area contributed by atoms with Crippen LogP contribution in [-0.2, 0) is 19.2 Å². The first-order valence-electron chi connectivity index (χ1n) is 10.9. The number of rotatable bonds is 6. The van der Waals surface area contributed by atoms with E-state index < -0.39 is 35.6 Å². The summed E-state index contributed by atoms with van der Waals surface area (Å²) < 4.78 is 16.5. The fraction of sp³-hybridized carbons (Fsp3) is 0.333. The Hall–Kier alpha value is -4.08. The molecule has 4 amide bonds. The SMILES string of the molecule is CC(C)C(=O)N(NC(=O)COc1ccccc1)C1CC(=O)N(c2ccc3c(c2)OCCO3)C1=O. The van der Waals surface area contributed by atoms with Gasteiger partial charge in [-0.3, -0.25) is 24.6 Å². The van der Waals surface area contributed by atoms with Gasteiger partial charge in [0.05, 0.1) is 12.1 Å². The standard InChI is InChI=1S/C24H25N3O7/c1-15(2)23(30)27(25-21(28)14-34-17-6-4-3-5-7-17)18-13-22(29)26(24(18)31)16-8-9-19-20(12-16)33-11-10-32-19/h3-9,12,15,18H,10-11,13-14H2,1-2H3,(H,25,28). The topological polar surface area (TPSA) is 114 Å². The quantitative estimate of drug-likeness (QED) is 0.508. The van der Waals surface area contributed by atoms with Crippen molar-refractivity contribution in [3.63, 3.8) is 0 Å². The molecule has 178 valence electrons. The second-order valence-electron chi connectivity index (χ2n) is 8.11. The molecule has 4 rings (SSSR count). The summed E-state index contributed by atoms with van der Waals surface area (Å²) in [6, 6.07) is 12.3. The van der Waals surface area contributed by atoms with Crippen LogP contribution in [0.2, 0.25) is 0 Å². The van der Waals surface area contributed by atoms with Crippen LogP contribution >= 0.6 is 0 Å². The minimum atomic E-state index is -1.18. The third kappa shape index (κ3) is 4.80. The molecule has 1 unspecified atom stereocenters. The van der Waals surface area contributed by atoms with Gasteiger partial charge in [-0.05, 0) is 24.3 Å². The van der Waals surface area contributed by atoms with E-state index in [1.165, 1.54) is 0 Å². The lowest BCUT2D eigenvalue weighted by atomic mass is 10.1. The number of imide groups is 1. The molecule has 0 spiro atoms. The molecule has 1 N–H and O–H groups in total. The van der Waals surface area contributed by atoms with E-state index in [9.17, 15) is 19.2 Å². The molecule has 2 aromatic rings. The Labute approximate surface area is 196 Å². The monoisotopic (exact) mass is 467 g/mol. The maximum atomic E-state index is 13.3. The number of hydrazine groups is 1. The molecule has 1 atom stereocenters. The first-order valence-corrected chi connectivity index (χ1v) is 10.9. The van der Waals surface area contributed by atoms with Crippen molar-refractivity contribution in [2.24, 2.45) is 5.92 Å². The smallest absolute Gasteiger partial charge is 0.276 e. The van der Waals surface area contributed by atoms with Crippen LogP contribution < -0.4 is 24.5 Å². The third-order valence-corrected chi connectivity index (χ3v) is 5.31. The largest absolute Gasteiger partial charge is 0.486 e. The number of carbonyl (C=O) groups is 4. The van der Waals surface area contributed by atoms with Gasteiger partial charge in [0.15, 0.2) is 18.1 Å². The molecule has 0 aliphatic carbocycles. The van der Waals surface area contributed by atoms with Crippen LogP contribution in [0, 0.1) is 5.92 Å². The lowest BCUT2D eigenvalue weighted by Gasteiger charge is -2.29. The highest BCUT2D eigenvalue weighted by molar-refractivity contribution is 6.23. The van der Waals surface area contributed by atoms with Crippen LogP contribution in [0.5, 0.6) is 17.2 Å². The fourth-order valence-corrected chi connectivity index (χ4v) is 3.66. The molecule has 10 heteroatoms. The molecule has 0 bridgehead atoms. The Kier molecular flexibility index (Phi) is 6.67. The first-order chi connectivity index (χ1) is 16.3. The maximum absolute atomic E-state index is 13.3. The minimum Gasteiger partial charge on any atom is -0.486 e. The molecule has 1 fully saturated rings. The van der Waals surface area contributed by atoms with Crippen molar-refractivity contribution in [2.45, 2.75) is 26.3 Å². The summed E-state index contributed by atoms with van der Waals surface area (Å²) in [4.78, 5) is 52.5. The molecule has 34 heavy (non-hydrogen) atoms. The summed E-state index contributed by atoms with van der Waals surface area (Å²) >= 11 is 0. The zero-order valence-corrected chi connectivity index (χ0v) is 18.9. The molecular weight excluding hydrogens is 442 g/mol. The van der Waals surface area contributed by atoms with Gasteiger partial charge in [0, 0.05) is 12.0 Å². The summed E-state index contributed by atoms with van der Waals surface area (Å²) in [5, 5.41) is 0.944. The number of ether oxygens (including phenoxy) is 3. The predicted octanol–water partition coefficient (Wildman–Crippen LogP) is 1.68. The normalized spacial score (nSPS) is 17.0. The molecule has 2 aromatic carbocycles. The molecule has 2 heterocycles. The number of nitrogens with one attached hydrogen (secondary N) is 1. The predicted molar refractivity (Wildman–Crippen MR) is 120 cm³/mol. The van der Waals surface area contributed by atoms with E-state index in [1.807, 2.05) is 6.07 Å². The summed E-state index contributed by atoms with van der Waals surface area (Å²) in [5.41, 5.74) is 2.76. The van der Waals surface area contributed by atoms with E-state index >= 15 is 0 Å². The van der Waals surface area contributed by atoms with E-state index in [1.54, 1.807) is 56.3 Å². The molecule has 2 aliphatic rings. The minimum absolute atomic E-state index is 0.272. The Balaban J connectivity index is 1.51. The number of benzene rings is 2. The van der Waals surface area contributed by atoms with Crippen molar-refractivity contribution < 1.29 is 33.4 Å². The zero-order chi connectivity index (χ0) is 24.2. The number of para-hydroxylation sites is 1. The van der Waals surface area contributed by atoms with Gasteiger partial charge in [-0.25, -0.2) is 9.91 Å². The second-order valence-corrected chi connectivity index (χ2v) is 8.11. The van der Waals surface area contributed by atoms with Gasteiger partial charge >= 0.3 is 0 Å². The van der Waals surface area contributed by atoms with Gasteiger partial charge in [0.2, 0.25) is 11.8 Å². The number of hydrogen-bond donors (Lipinski definition) is 1. The Morgan fingerprint density at radius 1 is 1.09 bits per heavy atom. The summed E-state index contributed by atoms with van der Waals surface area (Å²) in [5.74, 6) is -1.35. The Bertz CT molecular complexity index is 1100. The summed E-state index contributed by atoms with van der Waals surface area (Å²) in [6.45, 7) is 3.68. The third-order valence-electron chi connectivity index (χ3n) is 5.31. The lowest BCUT2D eigenvalue weighted by molar-refractivity contribution is -0.150. The van der Waals surface area contributed by atoms with Crippen LogP contribution in [0.3, 0.4) is 0 Å². The van der Waals surface area contributed by atoms with E-state index in [0.29, 0.717) is 36.1 Å². The molecular formula is C24H25N3O7. The van der Waals surface area contributed by atoms with Crippen molar-refractivity contribution in [1.29, 1.82) is 0 Å². The first kappa shape index (κ1) is 23.1. The second kappa shape index (κ2) is 9.82. The average Bonchev–Trinajstić information content (AvgIpc) is 3.14. The molecule has 0 saturated carbocycles. The van der Waals surface area contributed by atoms with Crippen molar-refractivity contribution in [3.05, 3.63) is 48.5 Å². The van der Waals surface area contributed by atoms with Gasteiger partial charge in [-0.1, -0.05) is 32.0 Å². The highest BCUT2D eigenvalue weighted by atomic mass is 16.6. The van der Waals surface area contributed by atoms with Gasteiger partial charge in [-0.2, -0.15) is 0 Å². The lowest BCUT2D eigenvalue weighted by Crippen LogP contribution is -2.56. The molecule has 1 saturated heterocycles. The molecule has 0 radical (unpaired) electrons. The maximum Gasteiger partial charge on any atom is 0.276 e. The van der Waals surface area contributed by atoms with E-state index in [-0.39, 0.29) is 13.0 Å². The zero-order valence-electron chi connectivity index (χ0n) is 18.9. The van der Waals surface area contributed by atoms with E-state index in [4.69, 9.17) is 14.2 Å². The number of carbonyl (C=O) groups excluding carboxylic acids is 4. The van der Waals surface area contributed by atoms with Crippen molar-refractivity contribution >= 4 is 29.3 Å². The number of fused-ring (bicyclic) bond motifs is 1. The van der Waals surface area contributed by atoms with Gasteiger partial charge in [0.1, 0.15) is 25.0 Å². The highest BCUT2D eigenvalue weighted by Crippen LogP contribution is 2.36. The number of nitrogens with zero attached hydrogens (tertiary/aromatic N) is 2. The van der Waals surface area contributed by atoms with Crippen LogP contribution in [-0.4, -0.2) is 54.5 Å². The fourth-order valence-electron chi connectivity index (χ4n) is 3.66. The van der Waals surface area contributed by atoms with Crippen LogP contribution in [0.15, 0.2) is 48.5 Å². The van der Waals surface area contributed by atoms with Crippen molar-refractivity contribution in [2.75, 3.05) is 24.7 Å². The molecule has 2 aliphatic heterocycles. The number of amides is 4. The van der Waals surface area contributed by atoms with Gasteiger partial charge < -0.3 is 14.2 Å². The molecule has 10 nitrogen and oxygen atoms in total. The summed E-state index contributed by atoms with van der Waals surface area (Å²) in [7, 11) is 0. The van der Waals surface area contributed by atoms with Gasteiger partial charge in [0.25, 0.3) is 11.8 Å². The molecule has 0 aromatic heterocycles. The average molecular weight is 467 g/mol. The Morgan fingerprint density at radius 2 is 1.79 bits per heavy atom. The summed E-state index contributed by atoms with van der Waals surface area (Å²) in [6.07, 6.45) is -0.272. The van der Waals surface area contributed by atoms with Crippen molar-refractivity contribution in [3.8, 4) is 17.2 Å². The van der Waals surface area contributed by atoms with Crippen molar-refractivity contribution in [1.82, 2.24) is 10.4 Å². The number of anilines is 1. The van der Waals surface area contributed by atoms with E-state index in [2.05, 4.69) is 5.43 Å².